The van der Waals surface area contributed by atoms with Crippen molar-refractivity contribution in [1.82, 2.24) is 5.32 Å². The number of nitrogens with one attached hydrogen (secondary N) is 2. The molecule has 0 spiro atoms. The van der Waals surface area contributed by atoms with E-state index in [1.165, 1.54) is 0 Å². The number of hydrogen-bond acceptors (Lipinski definition) is 4. The van der Waals surface area contributed by atoms with Crippen LogP contribution in [0.5, 0.6) is 11.5 Å². The van der Waals surface area contributed by atoms with Crippen molar-refractivity contribution in [1.29, 1.82) is 0 Å². The van der Waals surface area contributed by atoms with Gasteiger partial charge in [0, 0.05) is 18.0 Å². The number of hydrogen-bond donors (Lipinski definition) is 3. The highest BCUT2D eigenvalue weighted by Crippen LogP contribution is 2.52. The molecule has 3 N–H and O–H groups in total. The van der Waals surface area contributed by atoms with Gasteiger partial charge in [0.05, 0.1) is 24.4 Å². The van der Waals surface area contributed by atoms with Gasteiger partial charge in [-0.25, -0.2) is 0 Å². The summed E-state index contributed by atoms with van der Waals surface area (Å²) >= 11 is 0. The molecule has 4 rings (SSSR count). The van der Waals surface area contributed by atoms with Crippen molar-refractivity contribution in [3.63, 3.8) is 0 Å². The summed E-state index contributed by atoms with van der Waals surface area (Å²) in [5, 5.41) is 17.2. The largest absolute Gasteiger partial charge is 0.504 e. The zero-order chi connectivity index (χ0) is 19.0. The molecule has 3 unspecified atom stereocenters. The Hall–Kier alpha value is -2.95. The maximum Gasteiger partial charge on any atom is 0.253 e. The summed E-state index contributed by atoms with van der Waals surface area (Å²) in [6.07, 6.45) is 5.33. The van der Waals surface area contributed by atoms with Crippen molar-refractivity contribution in [3.8, 4) is 11.5 Å². The minimum absolute atomic E-state index is 0.0871. The molecule has 2 aliphatic rings. The fourth-order valence-corrected chi connectivity index (χ4v) is 4.33. The molecule has 1 amide bonds. The van der Waals surface area contributed by atoms with Crippen molar-refractivity contribution in [2.24, 2.45) is 5.92 Å². The number of benzene rings is 2. The zero-order valence-electron chi connectivity index (χ0n) is 15.5. The van der Waals surface area contributed by atoms with Gasteiger partial charge in [0.2, 0.25) is 0 Å². The first-order valence-corrected chi connectivity index (χ1v) is 9.35. The quantitative estimate of drug-likeness (QED) is 0.718. The second-order valence-electron chi connectivity index (χ2n) is 7.00. The lowest BCUT2D eigenvalue weighted by atomic mass is 9.76. The van der Waals surface area contributed by atoms with E-state index in [1.54, 1.807) is 13.2 Å². The molecule has 0 radical (unpaired) electrons. The van der Waals surface area contributed by atoms with Crippen LogP contribution in [0.3, 0.4) is 0 Å². The van der Waals surface area contributed by atoms with Crippen LogP contribution in [0.25, 0.3) is 0 Å². The molecule has 0 saturated heterocycles. The van der Waals surface area contributed by atoms with Gasteiger partial charge in [-0.2, -0.15) is 0 Å². The lowest BCUT2D eigenvalue weighted by Crippen LogP contribution is -2.32. The smallest absolute Gasteiger partial charge is 0.253 e. The molecule has 5 nitrogen and oxygen atoms in total. The Bertz CT molecular complexity index is 906. The average Bonchev–Trinajstić information content (AvgIpc) is 3.17. The first kappa shape index (κ1) is 17.5. The molecule has 5 heteroatoms. The van der Waals surface area contributed by atoms with Gasteiger partial charge in [0.25, 0.3) is 5.91 Å². The first-order valence-electron chi connectivity index (χ1n) is 9.35. The fraction of sp³-hybridized carbons (Fsp3) is 0.318. The second-order valence-corrected chi connectivity index (χ2v) is 7.00. The van der Waals surface area contributed by atoms with Crippen molar-refractivity contribution in [2.75, 3.05) is 19.0 Å². The number of amides is 1. The SMILES string of the molecule is CCNC(=O)c1cccc2c1NC(c1cccc(OC)c1O)C1CC=CC21. The van der Waals surface area contributed by atoms with Crippen molar-refractivity contribution in [2.45, 2.75) is 25.3 Å². The number of phenols is 1. The zero-order valence-corrected chi connectivity index (χ0v) is 15.5. The third-order valence-electron chi connectivity index (χ3n) is 5.56. The summed E-state index contributed by atoms with van der Waals surface area (Å²) in [5.41, 5.74) is 3.42. The molecule has 0 bridgehead atoms. The van der Waals surface area contributed by atoms with E-state index < -0.39 is 0 Å². The monoisotopic (exact) mass is 364 g/mol. The third kappa shape index (κ3) is 2.83. The van der Waals surface area contributed by atoms with E-state index in [4.69, 9.17) is 4.74 Å². The van der Waals surface area contributed by atoms with Gasteiger partial charge in [-0.1, -0.05) is 36.4 Å². The summed E-state index contributed by atoms with van der Waals surface area (Å²) in [7, 11) is 1.55. The number of anilines is 1. The number of para-hydroxylation sites is 2. The highest BCUT2D eigenvalue weighted by Gasteiger charge is 2.40. The van der Waals surface area contributed by atoms with Crippen molar-refractivity contribution >= 4 is 11.6 Å². The lowest BCUT2D eigenvalue weighted by molar-refractivity contribution is 0.0956. The summed E-state index contributed by atoms with van der Waals surface area (Å²) < 4.78 is 5.29. The minimum atomic E-state index is -0.108. The van der Waals surface area contributed by atoms with Gasteiger partial charge in [0.15, 0.2) is 11.5 Å². The minimum Gasteiger partial charge on any atom is -0.504 e. The molecule has 0 aromatic heterocycles. The third-order valence-corrected chi connectivity index (χ3v) is 5.56. The highest BCUT2D eigenvalue weighted by atomic mass is 16.5. The highest BCUT2D eigenvalue weighted by molar-refractivity contribution is 6.00. The van der Waals surface area contributed by atoms with E-state index in [1.807, 2.05) is 31.2 Å². The Morgan fingerprint density at radius 1 is 1.26 bits per heavy atom. The van der Waals surface area contributed by atoms with E-state index in [9.17, 15) is 9.90 Å². The molecule has 0 saturated carbocycles. The van der Waals surface area contributed by atoms with Crippen LogP contribution in [0.15, 0.2) is 48.6 Å². The van der Waals surface area contributed by atoms with Crippen LogP contribution < -0.4 is 15.4 Å². The molecule has 2 aromatic rings. The average molecular weight is 364 g/mol. The summed E-state index contributed by atoms with van der Waals surface area (Å²) in [5.74, 6) is 1.02. The molecule has 0 fully saturated rings. The van der Waals surface area contributed by atoms with Gasteiger partial charge in [-0.3, -0.25) is 4.79 Å². The van der Waals surface area contributed by atoms with Gasteiger partial charge < -0.3 is 20.5 Å². The second kappa shape index (κ2) is 6.99. The van der Waals surface area contributed by atoms with Crippen molar-refractivity contribution in [3.05, 3.63) is 65.2 Å². The molecule has 140 valence electrons. The molecule has 1 aliphatic carbocycles. The van der Waals surface area contributed by atoms with Crippen LogP contribution in [-0.4, -0.2) is 24.7 Å². The van der Waals surface area contributed by atoms with Gasteiger partial charge in [-0.15, -0.1) is 0 Å². The maximum atomic E-state index is 12.6. The van der Waals surface area contributed by atoms with E-state index >= 15 is 0 Å². The molecular formula is C22H24N2O3. The predicted molar refractivity (Wildman–Crippen MR) is 105 cm³/mol. The standard InChI is InChI=1S/C22H24N2O3/c1-3-23-22(26)17-11-5-9-15-13-7-4-8-14(13)19(24-20(15)17)16-10-6-12-18(27-2)21(16)25/h4-7,9-14,19,24-25H,3,8H2,1-2H3,(H,23,26). The number of methoxy groups -OCH3 is 1. The Kier molecular flexibility index (Phi) is 4.52. The Balaban J connectivity index is 1.82. The topological polar surface area (TPSA) is 70.6 Å². The van der Waals surface area contributed by atoms with E-state index in [0.717, 1.165) is 23.2 Å². The van der Waals surface area contributed by atoms with Crippen LogP contribution in [0.2, 0.25) is 0 Å². The van der Waals surface area contributed by atoms with Crippen LogP contribution in [0, 0.1) is 5.92 Å². The normalized spacial score (nSPS) is 22.5. The van der Waals surface area contributed by atoms with Crippen molar-refractivity contribution < 1.29 is 14.6 Å². The number of carbonyl (C=O) groups excluding carboxylic acids is 1. The van der Waals surface area contributed by atoms with Crippen LogP contribution in [0.4, 0.5) is 5.69 Å². The molecule has 1 aliphatic heterocycles. The molecular weight excluding hydrogens is 340 g/mol. The molecule has 3 atom stereocenters. The predicted octanol–water partition coefficient (Wildman–Crippen LogP) is 3.98. The van der Waals surface area contributed by atoms with E-state index in [0.29, 0.717) is 17.9 Å². The Morgan fingerprint density at radius 2 is 2.04 bits per heavy atom. The number of aromatic hydroxyl groups is 1. The molecule has 27 heavy (non-hydrogen) atoms. The number of ether oxygens (including phenoxy) is 1. The first-order chi connectivity index (χ1) is 13.2. The van der Waals surface area contributed by atoms with Crippen LogP contribution in [0.1, 0.15) is 46.8 Å². The number of rotatable bonds is 4. The number of phenolic OH excluding ortho intramolecular Hbond substituents is 1. The lowest BCUT2D eigenvalue weighted by Gasteiger charge is -2.38. The summed E-state index contributed by atoms with van der Waals surface area (Å²) in [6, 6.07) is 11.3. The number of allylic oxidation sites excluding steroid dienone is 2. The Morgan fingerprint density at radius 3 is 2.81 bits per heavy atom. The summed E-state index contributed by atoms with van der Waals surface area (Å²) in [4.78, 5) is 12.6. The number of carbonyl (C=O) groups is 1. The van der Waals surface area contributed by atoms with Gasteiger partial charge in [-0.05, 0) is 37.0 Å². The summed E-state index contributed by atoms with van der Waals surface area (Å²) in [6.45, 7) is 2.49. The van der Waals surface area contributed by atoms with Gasteiger partial charge >= 0.3 is 0 Å². The Labute approximate surface area is 159 Å². The molecule has 2 aromatic carbocycles. The van der Waals surface area contributed by atoms with Crippen LogP contribution in [-0.2, 0) is 0 Å². The number of fused-ring (bicyclic) bond motifs is 3. The van der Waals surface area contributed by atoms with Crippen LogP contribution >= 0.6 is 0 Å². The van der Waals surface area contributed by atoms with Gasteiger partial charge in [0.1, 0.15) is 0 Å². The fourth-order valence-electron chi connectivity index (χ4n) is 4.33. The van der Waals surface area contributed by atoms with E-state index in [2.05, 4.69) is 28.9 Å². The maximum absolute atomic E-state index is 12.6. The van der Waals surface area contributed by atoms with E-state index in [-0.39, 0.29) is 29.5 Å². The molecule has 1 heterocycles.